The van der Waals surface area contributed by atoms with E-state index in [1.807, 2.05) is 19.9 Å². The maximum Gasteiger partial charge on any atom is 0.274 e. The number of halogens is 1. The summed E-state index contributed by atoms with van der Waals surface area (Å²) in [4.78, 5) is 33.5. The van der Waals surface area contributed by atoms with E-state index in [2.05, 4.69) is 15.3 Å². The van der Waals surface area contributed by atoms with Crippen LogP contribution in [0.3, 0.4) is 0 Å². The van der Waals surface area contributed by atoms with Gasteiger partial charge in [-0.15, -0.1) is 11.3 Å². The van der Waals surface area contributed by atoms with Crippen LogP contribution in [0.5, 0.6) is 11.6 Å². The van der Waals surface area contributed by atoms with Crippen LogP contribution in [0.15, 0.2) is 29.3 Å². The Morgan fingerprint density at radius 2 is 1.95 bits per heavy atom. The van der Waals surface area contributed by atoms with Crippen LogP contribution in [0.2, 0.25) is 0 Å². The highest BCUT2D eigenvalue weighted by Gasteiger charge is 2.42. The van der Waals surface area contributed by atoms with Crippen LogP contribution in [0.1, 0.15) is 61.1 Å². The topological polar surface area (TPSA) is 109 Å². The number of carbonyl (C=O) groups excluding carboxylic acids is 1. The first-order valence-corrected chi connectivity index (χ1v) is 13.2. The summed E-state index contributed by atoms with van der Waals surface area (Å²) in [6.07, 6.45) is 3.25. The third-order valence-corrected chi connectivity index (χ3v) is 8.57. The molecule has 0 saturated carbocycles. The first kappa shape index (κ1) is 27.5. The number of hydrogen-bond acceptors (Lipinski definition) is 6. The number of thiophene rings is 1. The summed E-state index contributed by atoms with van der Waals surface area (Å²) in [5.74, 6) is -0.768. The lowest BCUT2D eigenvalue weighted by Gasteiger charge is -2.36. The van der Waals surface area contributed by atoms with Crippen molar-refractivity contribution in [2.24, 2.45) is 7.05 Å². The average Bonchev–Trinajstić information content (AvgIpc) is 3.40. The van der Waals surface area contributed by atoms with E-state index in [9.17, 15) is 14.7 Å². The van der Waals surface area contributed by atoms with Crippen molar-refractivity contribution in [3.05, 3.63) is 62.4 Å². The van der Waals surface area contributed by atoms with Gasteiger partial charge in [0.2, 0.25) is 5.88 Å². The third-order valence-electron chi connectivity index (χ3n) is 7.06. The summed E-state index contributed by atoms with van der Waals surface area (Å²) in [5.41, 5.74) is 0.0483. The highest BCUT2D eigenvalue weighted by atomic mass is 32.1. The summed E-state index contributed by atoms with van der Waals surface area (Å²) in [6.45, 7) is 12.8. The van der Waals surface area contributed by atoms with Crippen LogP contribution in [-0.4, -0.2) is 37.7 Å². The molecular weight excluding hydrogens is 507 g/mol. The van der Waals surface area contributed by atoms with Gasteiger partial charge in [0.15, 0.2) is 11.6 Å². The minimum Gasteiger partial charge on any atom is -0.434 e. The van der Waals surface area contributed by atoms with Gasteiger partial charge in [-0.2, -0.15) is 0 Å². The maximum atomic E-state index is 16.3. The number of aromatic amines is 1. The molecule has 0 radical (unpaired) electrons. The molecule has 202 valence electrons. The van der Waals surface area contributed by atoms with Gasteiger partial charge in [-0.25, -0.2) is 9.37 Å². The van der Waals surface area contributed by atoms with Gasteiger partial charge in [-0.1, -0.05) is 13.8 Å². The molecule has 8 nitrogen and oxygen atoms in total. The molecule has 3 N–H and O–H groups in total. The van der Waals surface area contributed by atoms with Gasteiger partial charge < -0.3 is 24.7 Å². The molecule has 0 unspecified atom stereocenters. The molecule has 4 heterocycles. The molecule has 4 aromatic heterocycles. The van der Waals surface area contributed by atoms with Crippen molar-refractivity contribution in [2.45, 2.75) is 59.5 Å². The molecule has 0 saturated heterocycles. The number of amides is 1. The second-order valence-corrected chi connectivity index (χ2v) is 11.6. The van der Waals surface area contributed by atoms with Crippen LogP contribution >= 0.6 is 11.3 Å². The molecule has 0 aliphatic carbocycles. The Morgan fingerprint density at radius 3 is 2.55 bits per heavy atom. The number of ether oxygens (including phenoxy) is 1. The molecule has 0 spiro atoms. The number of nitrogens with one attached hydrogen (secondary N) is 2. The van der Waals surface area contributed by atoms with E-state index in [-0.39, 0.29) is 34.3 Å². The normalized spacial score (nSPS) is 12.3. The van der Waals surface area contributed by atoms with Gasteiger partial charge >= 0.3 is 0 Å². The molecule has 0 aromatic carbocycles. The van der Waals surface area contributed by atoms with Gasteiger partial charge in [-0.3, -0.25) is 9.59 Å². The van der Waals surface area contributed by atoms with Crippen LogP contribution in [0.4, 0.5) is 4.39 Å². The van der Waals surface area contributed by atoms with Gasteiger partial charge in [0, 0.05) is 47.9 Å². The van der Waals surface area contributed by atoms with Crippen molar-refractivity contribution < 1.29 is 19.0 Å². The summed E-state index contributed by atoms with van der Waals surface area (Å²) in [6, 6.07) is 3.48. The smallest absolute Gasteiger partial charge is 0.274 e. The van der Waals surface area contributed by atoms with Gasteiger partial charge in [0.05, 0.1) is 15.4 Å². The Labute approximate surface area is 224 Å². The fourth-order valence-corrected chi connectivity index (χ4v) is 5.53. The molecule has 0 atom stereocenters. The Balaban J connectivity index is 2.04. The van der Waals surface area contributed by atoms with Crippen LogP contribution in [-0.2, 0) is 12.5 Å². The molecule has 4 rings (SSSR count). The van der Waals surface area contributed by atoms with Gasteiger partial charge in [-0.05, 0) is 52.3 Å². The second-order valence-electron chi connectivity index (χ2n) is 10.6. The number of rotatable bonds is 7. The quantitative estimate of drug-likeness (QED) is 0.293. The fourth-order valence-electron chi connectivity index (χ4n) is 4.14. The number of aliphatic hydroxyl groups is 1. The molecule has 38 heavy (non-hydrogen) atoms. The summed E-state index contributed by atoms with van der Waals surface area (Å²) < 4.78 is 23.8. The van der Waals surface area contributed by atoms with E-state index in [1.165, 1.54) is 4.57 Å². The predicted molar refractivity (Wildman–Crippen MR) is 148 cm³/mol. The number of fused-ring (bicyclic) bond motifs is 1. The Bertz CT molecular complexity index is 1610. The molecule has 1 amide bonds. The molecule has 4 aromatic rings. The number of pyridine rings is 2. The molecule has 0 fully saturated rings. The monoisotopic (exact) mass is 540 g/mol. The number of hydrogen-bond donors (Lipinski definition) is 3. The Kier molecular flexibility index (Phi) is 7.00. The third kappa shape index (κ3) is 4.63. The van der Waals surface area contributed by atoms with Crippen LogP contribution < -0.4 is 15.6 Å². The highest BCUT2D eigenvalue weighted by Crippen LogP contribution is 2.51. The summed E-state index contributed by atoms with van der Waals surface area (Å²) in [7, 11) is 1.59. The molecule has 0 bridgehead atoms. The molecular formula is C28H33FN4O4S. The lowest BCUT2D eigenvalue weighted by atomic mass is 9.76. The number of aromatic nitrogens is 3. The minimum atomic E-state index is -1.26. The lowest BCUT2D eigenvalue weighted by molar-refractivity contribution is 0.00974. The zero-order valence-electron chi connectivity index (χ0n) is 22.9. The highest BCUT2D eigenvalue weighted by molar-refractivity contribution is 7.16. The molecule has 0 aliphatic rings. The zero-order valence-corrected chi connectivity index (χ0v) is 23.7. The standard InChI is InChI=1S/C28H33FN4O4S/c1-9-30-24(34)18-11-16-17(13-33(8)26(35)20(16)32-18)22-21(37-25-15(3)10-14(2)12-31-25)19(29)23(38-22)27(4,5)28(6,7)36/h10-13,32,36H,9H2,1-8H3,(H,30,34). The van der Waals surface area contributed by atoms with Crippen LogP contribution in [0, 0.1) is 19.7 Å². The van der Waals surface area contributed by atoms with Crippen molar-refractivity contribution in [3.8, 4) is 22.1 Å². The summed E-state index contributed by atoms with van der Waals surface area (Å²) in [5, 5.41) is 14.1. The summed E-state index contributed by atoms with van der Waals surface area (Å²) >= 11 is 1.14. The minimum absolute atomic E-state index is 0.0533. The zero-order chi connectivity index (χ0) is 28.2. The number of carbonyl (C=O) groups is 1. The van der Waals surface area contributed by atoms with E-state index >= 15 is 4.39 Å². The molecule has 0 aliphatic heterocycles. The average molecular weight is 541 g/mol. The first-order chi connectivity index (χ1) is 17.7. The predicted octanol–water partition coefficient (Wildman–Crippen LogP) is 5.34. The van der Waals surface area contributed by atoms with Crippen molar-refractivity contribution in [1.82, 2.24) is 19.9 Å². The number of aryl methyl sites for hydroxylation is 3. The van der Waals surface area contributed by atoms with Crippen molar-refractivity contribution in [2.75, 3.05) is 6.54 Å². The lowest BCUT2D eigenvalue weighted by Crippen LogP contribution is -2.42. The second kappa shape index (κ2) is 9.67. The van der Waals surface area contributed by atoms with E-state index in [0.29, 0.717) is 27.2 Å². The van der Waals surface area contributed by atoms with E-state index in [0.717, 1.165) is 22.5 Å². The van der Waals surface area contributed by atoms with Gasteiger partial charge in [0.25, 0.3) is 11.5 Å². The number of nitrogens with zero attached hydrogens (tertiary/aromatic N) is 2. The van der Waals surface area contributed by atoms with Crippen molar-refractivity contribution in [1.29, 1.82) is 0 Å². The largest absolute Gasteiger partial charge is 0.434 e. The number of H-pyrrole nitrogens is 1. The first-order valence-electron chi connectivity index (χ1n) is 12.3. The SMILES string of the molecule is CCNC(=O)c1cc2c(-c3sc(C(C)(C)C(C)(C)O)c(F)c3Oc3ncc(C)cc3C)cn(C)c(=O)c2[nH]1. The Morgan fingerprint density at radius 1 is 1.26 bits per heavy atom. The fraction of sp³-hybridized carbons (Fsp3) is 0.393. The van der Waals surface area contributed by atoms with Crippen molar-refractivity contribution in [3.63, 3.8) is 0 Å². The molecule has 10 heteroatoms. The van der Waals surface area contributed by atoms with E-state index < -0.39 is 16.8 Å². The van der Waals surface area contributed by atoms with Gasteiger partial charge in [0.1, 0.15) is 11.2 Å². The van der Waals surface area contributed by atoms with E-state index in [4.69, 9.17) is 4.74 Å². The van der Waals surface area contributed by atoms with Crippen molar-refractivity contribution >= 4 is 28.1 Å². The van der Waals surface area contributed by atoms with E-state index in [1.54, 1.807) is 60.1 Å². The maximum absolute atomic E-state index is 16.3. The van der Waals surface area contributed by atoms with Crippen LogP contribution in [0.25, 0.3) is 21.3 Å². The Hall–Kier alpha value is -3.50.